The minimum Gasteiger partial charge on any atom is -0.396 e. The third kappa shape index (κ3) is 6.71. The van der Waals surface area contributed by atoms with Crippen molar-refractivity contribution in [1.82, 2.24) is 5.32 Å². The summed E-state index contributed by atoms with van der Waals surface area (Å²) in [6.45, 7) is 4.22. The summed E-state index contributed by atoms with van der Waals surface area (Å²) in [6.07, 6.45) is 4.15. The van der Waals surface area contributed by atoms with Crippen LogP contribution in [0.2, 0.25) is 0 Å². The number of rotatable bonds is 10. The highest BCUT2D eigenvalue weighted by atomic mass is 16.2. The Morgan fingerprint density at radius 3 is 2.53 bits per heavy atom. The van der Waals surface area contributed by atoms with E-state index >= 15 is 0 Å². The highest BCUT2D eigenvalue weighted by Crippen LogP contribution is 2.19. The molecule has 1 aromatic carbocycles. The molecule has 0 amide bonds. The molecule has 19 heavy (non-hydrogen) atoms. The van der Waals surface area contributed by atoms with E-state index in [1.54, 1.807) is 0 Å². The molecule has 0 aliphatic carbocycles. The average molecular weight is 264 g/mol. The van der Waals surface area contributed by atoms with Crippen molar-refractivity contribution in [3.05, 3.63) is 35.9 Å². The third-order valence-electron chi connectivity index (χ3n) is 3.56. The van der Waals surface area contributed by atoms with Gasteiger partial charge in [-0.15, -0.1) is 0 Å². The molecule has 0 saturated carbocycles. The average Bonchev–Trinajstić information content (AvgIpc) is 2.46. The van der Waals surface area contributed by atoms with Crippen LogP contribution in [-0.2, 0) is 0 Å². The van der Waals surface area contributed by atoms with E-state index in [4.69, 9.17) is 10.8 Å². The highest BCUT2D eigenvalue weighted by Gasteiger charge is 2.12. The number of hydrogen-bond acceptors (Lipinski definition) is 3. The Balaban J connectivity index is 2.27. The molecule has 0 spiro atoms. The van der Waals surface area contributed by atoms with Crippen LogP contribution in [0.5, 0.6) is 0 Å². The van der Waals surface area contributed by atoms with Crippen LogP contribution in [-0.4, -0.2) is 30.8 Å². The summed E-state index contributed by atoms with van der Waals surface area (Å²) in [5, 5.41) is 12.2. The van der Waals surface area contributed by atoms with Crippen molar-refractivity contribution in [2.75, 3.05) is 19.7 Å². The smallest absolute Gasteiger partial charge is 0.0431 e. The molecule has 3 nitrogen and oxygen atoms in total. The van der Waals surface area contributed by atoms with Gasteiger partial charge in [-0.2, -0.15) is 0 Å². The quantitative estimate of drug-likeness (QED) is 0.568. The molecule has 0 heterocycles. The lowest BCUT2D eigenvalue weighted by Gasteiger charge is -2.21. The van der Waals surface area contributed by atoms with Crippen LogP contribution < -0.4 is 11.1 Å². The minimum atomic E-state index is 0.297. The van der Waals surface area contributed by atoms with Gasteiger partial charge in [0.25, 0.3) is 0 Å². The normalized spacial score (nSPS) is 14.3. The van der Waals surface area contributed by atoms with Crippen molar-refractivity contribution in [3.8, 4) is 0 Å². The predicted molar refractivity (Wildman–Crippen MR) is 81.3 cm³/mol. The number of hydrogen-bond donors (Lipinski definition) is 3. The van der Waals surface area contributed by atoms with Crippen LogP contribution in [0.15, 0.2) is 30.3 Å². The molecule has 3 heteroatoms. The van der Waals surface area contributed by atoms with Gasteiger partial charge in [-0.05, 0) is 43.7 Å². The molecule has 1 aromatic rings. The number of benzene rings is 1. The van der Waals surface area contributed by atoms with Gasteiger partial charge in [-0.1, -0.05) is 37.3 Å². The van der Waals surface area contributed by atoms with Crippen molar-refractivity contribution in [1.29, 1.82) is 0 Å². The molecule has 0 fully saturated rings. The molecule has 0 saturated heterocycles. The fraction of sp³-hybridized carbons (Fsp3) is 0.625. The number of nitrogens with one attached hydrogen (secondary N) is 1. The molecule has 0 bridgehead atoms. The van der Waals surface area contributed by atoms with Crippen LogP contribution in [0.1, 0.15) is 44.1 Å². The van der Waals surface area contributed by atoms with Gasteiger partial charge in [0.1, 0.15) is 0 Å². The largest absolute Gasteiger partial charge is 0.396 e. The summed E-state index contributed by atoms with van der Waals surface area (Å²) >= 11 is 0. The number of aliphatic hydroxyl groups excluding tert-OH is 1. The van der Waals surface area contributed by atoms with Gasteiger partial charge in [0.2, 0.25) is 0 Å². The molecular weight excluding hydrogens is 236 g/mol. The van der Waals surface area contributed by atoms with E-state index in [2.05, 4.69) is 42.6 Å². The molecule has 2 atom stereocenters. The van der Waals surface area contributed by atoms with E-state index in [0.29, 0.717) is 25.1 Å². The summed E-state index contributed by atoms with van der Waals surface area (Å²) in [5.74, 6) is 0.527. The first kappa shape index (κ1) is 16.2. The topological polar surface area (TPSA) is 58.3 Å². The maximum Gasteiger partial charge on any atom is 0.0431 e. The van der Waals surface area contributed by atoms with Crippen LogP contribution >= 0.6 is 0 Å². The molecule has 108 valence electrons. The first-order valence-electron chi connectivity index (χ1n) is 7.37. The molecule has 2 unspecified atom stereocenters. The van der Waals surface area contributed by atoms with E-state index in [9.17, 15) is 0 Å². The second kappa shape index (κ2) is 9.96. The Morgan fingerprint density at radius 2 is 1.89 bits per heavy atom. The monoisotopic (exact) mass is 264 g/mol. The van der Waals surface area contributed by atoms with Crippen molar-refractivity contribution < 1.29 is 5.11 Å². The molecule has 0 aliphatic rings. The zero-order valence-corrected chi connectivity index (χ0v) is 12.0. The lowest BCUT2D eigenvalue weighted by atomic mass is 9.94. The van der Waals surface area contributed by atoms with Gasteiger partial charge in [0.15, 0.2) is 0 Å². The molecule has 0 radical (unpaired) electrons. The second-order valence-corrected chi connectivity index (χ2v) is 5.22. The van der Waals surface area contributed by atoms with E-state index in [0.717, 1.165) is 32.2 Å². The zero-order chi connectivity index (χ0) is 13.9. The third-order valence-corrected chi connectivity index (χ3v) is 3.56. The maximum atomic E-state index is 8.73. The highest BCUT2D eigenvalue weighted by molar-refractivity contribution is 5.18. The summed E-state index contributed by atoms with van der Waals surface area (Å²) in [4.78, 5) is 0. The van der Waals surface area contributed by atoms with Gasteiger partial charge < -0.3 is 16.2 Å². The lowest BCUT2D eigenvalue weighted by Crippen LogP contribution is -2.37. The molecule has 1 rings (SSSR count). The van der Waals surface area contributed by atoms with E-state index < -0.39 is 0 Å². The van der Waals surface area contributed by atoms with E-state index in [1.807, 2.05) is 0 Å². The van der Waals surface area contributed by atoms with Crippen molar-refractivity contribution in [2.45, 2.75) is 44.6 Å². The maximum absolute atomic E-state index is 8.73. The standard InChI is InChI=1S/C16H28N2O/c1-14(15-8-4-2-5-9-15)12-16(13-17)18-10-6-3-7-11-19/h2,4-5,8-9,14,16,18-19H,3,6-7,10-13,17H2,1H3. The van der Waals surface area contributed by atoms with Gasteiger partial charge in [0, 0.05) is 19.2 Å². The van der Waals surface area contributed by atoms with Crippen LogP contribution in [0.3, 0.4) is 0 Å². The molecular formula is C16H28N2O. The van der Waals surface area contributed by atoms with Gasteiger partial charge in [-0.3, -0.25) is 0 Å². The molecule has 4 N–H and O–H groups in total. The molecule has 0 aliphatic heterocycles. The second-order valence-electron chi connectivity index (χ2n) is 5.22. The van der Waals surface area contributed by atoms with Crippen LogP contribution in [0.4, 0.5) is 0 Å². The SMILES string of the molecule is CC(CC(CN)NCCCCCO)c1ccccc1. The fourth-order valence-electron chi connectivity index (χ4n) is 2.33. The van der Waals surface area contributed by atoms with Crippen LogP contribution in [0, 0.1) is 0 Å². The van der Waals surface area contributed by atoms with Gasteiger partial charge >= 0.3 is 0 Å². The Bertz CT molecular complexity index is 316. The zero-order valence-electron chi connectivity index (χ0n) is 12.0. The lowest BCUT2D eigenvalue weighted by molar-refractivity contribution is 0.282. The summed E-state index contributed by atoms with van der Waals surface area (Å²) in [7, 11) is 0. The van der Waals surface area contributed by atoms with E-state index in [1.165, 1.54) is 5.56 Å². The first-order valence-corrected chi connectivity index (χ1v) is 7.37. The van der Waals surface area contributed by atoms with Crippen LogP contribution in [0.25, 0.3) is 0 Å². The number of unbranched alkanes of at least 4 members (excludes halogenated alkanes) is 2. The van der Waals surface area contributed by atoms with Crippen molar-refractivity contribution in [2.24, 2.45) is 5.73 Å². The summed E-state index contributed by atoms with van der Waals surface area (Å²) in [6, 6.07) is 11.0. The predicted octanol–water partition coefficient (Wildman–Crippen LogP) is 2.26. The number of aliphatic hydroxyl groups is 1. The Hall–Kier alpha value is -0.900. The van der Waals surface area contributed by atoms with E-state index in [-0.39, 0.29) is 0 Å². The summed E-state index contributed by atoms with van der Waals surface area (Å²) in [5.41, 5.74) is 7.22. The first-order chi connectivity index (χ1) is 9.27. The number of nitrogens with two attached hydrogens (primary N) is 1. The van der Waals surface area contributed by atoms with Crippen molar-refractivity contribution >= 4 is 0 Å². The van der Waals surface area contributed by atoms with Gasteiger partial charge in [0.05, 0.1) is 0 Å². The fourth-order valence-corrected chi connectivity index (χ4v) is 2.33. The molecule has 0 aromatic heterocycles. The summed E-state index contributed by atoms with van der Waals surface area (Å²) < 4.78 is 0. The Labute approximate surface area is 117 Å². The minimum absolute atomic E-state index is 0.297. The van der Waals surface area contributed by atoms with Crippen molar-refractivity contribution in [3.63, 3.8) is 0 Å². The Morgan fingerprint density at radius 1 is 1.16 bits per heavy atom. The van der Waals surface area contributed by atoms with Gasteiger partial charge in [-0.25, -0.2) is 0 Å². The Kier molecular flexibility index (Phi) is 8.47.